The number of carbonyl (C=O) groups is 2. The Labute approximate surface area is 180 Å². The standard InChI is InChI=1S/C20H20F3N5O4/c1-11-17(25-18(29)13(3)28-16(19(30)31)7-8-24-28)12(2)27(26-11)10-32-15-6-4-5-14(9-15)20(21,22)23/h4-9,13H,10H2,1-3H3,(H,25,29)(H,30,31). The second-order valence-corrected chi connectivity index (χ2v) is 6.98. The average molecular weight is 451 g/mol. The molecule has 1 amide bonds. The lowest BCUT2D eigenvalue weighted by Crippen LogP contribution is -2.27. The number of carbonyl (C=O) groups excluding carboxylic acids is 1. The number of carboxylic acid groups (broad SMARTS) is 1. The van der Waals surface area contributed by atoms with E-state index in [1.165, 1.54) is 36.0 Å². The number of benzene rings is 1. The highest BCUT2D eigenvalue weighted by Crippen LogP contribution is 2.31. The van der Waals surface area contributed by atoms with Crippen LogP contribution in [0.15, 0.2) is 36.5 Å². The highest BCUT2D eigenvalue weighted by atomic mass is 19.4. The third-order valence-corrected chi connectivity index (χ3v) is 4.78. The van der Waals surface area contributed by atoms with Gasteiger partial charge < -0.3 is 15.2 Å². The van der Waals surface area contributed by atoms with Gasteiger partial charge in [-0.3, -0.25) is 4.79 Å². The van der Waals surface area contributed by atoms with Gasteiger partial charge in [0.2, 0.25) is 5.91 Å². The molecule has 0 spiro atoms. The number of alkyl halides is 3. The molecule has 0 aliphatic rings. The third kappa shape index (κ3) is 4.74. The summed E-state index contributed by atoms with van der Waals surface area (Å²) in [6, 6.07) is 4.84. The molecule has 2 heterocycles. The van der Waals surface area contributed by atoms with Crippen molar-refractivity contribution in [3.8, 4) is 5.75 Å². The number of anilines is 1. The smallest absolute Gasteiger partial charge is 0.416 e. The molecule has 32 heavy (non-hydrogen) atoms. The highest BCUT2D eigenvalue weighted by Gasteiger charge is 2.30. The molecule has 3 aromatic rings. The van der Waals surface area contributed by atoms with E-state index in [-0.39, 0.29) is 18.2 Å². The first-order valence-electron chi connectivity index (χ1n) is 9.40. The Morgan fingerprint density at radius 3 is 2.62 bits per heavy atom. The maximum absolute atomic E-state index is 12.9. The van der Waals surface area contributed by atoms with E-state index in [1.54, 1.807) is 13.8 Å². The fourth-order valence-corrected chi connectivity index (χ4v) is 3.03. The number of halogens is 3. The monoisotopic (exact) mass is 451 g/mol. The molecular weight excluding hydrogens is 431 g/mol. The predicted octanol–water partition coefficient (Wildman–Crippen LogP) is 3.65. The third-order valence-electron chi connectivity index (χ3n) is 4.78. The van der Waals surface area contributed by atoms with Crippen molar-refractivity contribution in [2.24, 2.45) is 0 Å². The summed E-state index contributed by atoms with van der Waals surface area (Å²) in [5.41, 5.74) is 0.387. The van der Waals surface area contributed by atoms with Crippen molar-refractivity contribution in [2.45, 2.75) is 39.7 Å². The normalized spacial score (nSPS) is 12.4. The van der Waals surface area contributed by atoms with Crippen LogP contribution in [0.1, 0.15) is 40.4 Å². The Hall–Kier alpha value is -3.83. The summed E-state index contributed by atoms with van der Waals surface area (Å²) >= 11 is 0. The van der Waals surface area contributed by atoms with E-state index in [9.17, 15) is 27.9 Å². The maximum Gasteiger partial charge on any atom is 0.416 e. The van der Waals surface area contributed by atoms with E-state index in [2.05, 4.69) is 15.5 Å². The molecule has 0 radical (unpaired) electrons. The lowest BCUT2D eigenvalue weighted by Gasteiger charge is -2.15. The summed E-state index contributed by atoms with van der Waals surface area (Å²) in [6.07, 6.45) is -3.20. The largest absolute Gasteiger partial charge is 0.477 e. The first-order valence-corrected chi connectivity index (χ1v) is 9.40. The Balaban J connectivity index is 1.73. The average Bonchev–Trinajstić information content (AvgIpc) is 3.32. The number of hydrogen-bond acceptors (Lipinski definition) is 5. The van der Waals surface area contributed by atoms with Gasteiger partial charge in [0, 0.05) is 6.20 Å². The van der Waals surface area contributed by atoms with Gasteiger partial charge in [0.15, 0.2) is 6.73 Å². The Morgan fingerprint density at radius 1 is 1.25 bits per heavy atom. The predicted molar refractivity (Wildman–Crippen MR) is 106 cm³/mol. The number of aryl methyl sites for hydroxylation is 1. The first kappa shape index (κ1) is 22.8. The summed E-state index contributed by atoms with van der Waals surface area (Å²) in [6.45, 7) is 4.62. The van der Waals surface area contributed by atoms with Crippen LogP contribution in [0, 0.1) is 13.8 Å². The molecule has 0 saturated heterocycles. The Kier molecular flexibility index (Phi) is 6.23. The molecule has 9 nitrogen and oxygen atoms in total. The van der Waals surface area contributed by atoms with Gasteiger partial charge in [-0.05, 0) is 45.0 Å². The van der Waals surface area contributed by atoms with E-state index in [0.29, 0.717) is 17.1 Å². The molecule has 1 atom stereocenters. The van der Waals surface area contributed by atoms with Crippen molar-refractivity contribution >= 4 is 17.6 Å². The van der Waals surface area contributed by atoms with Crippen LogP contribution in [-0.2, 0) is 17.7 Å². The van der Waals surface area contributed by atoms with Gasteiger partial charge in [-0.15, -0.1) is 0 Å². The van der Waals surface area contributed by atoms with Gasteiger partial charge in [-0.2, -0.15) is 23.4 Å². The van der Waals surface area contributed by atoms with Crippen LogP contribution >= 0.6 is 0 Å². The minimum absolute atomic E-state index is 0.0199. The maximum atomic E-state index is 12.9. The first-order chi connectivity index (χ1) is 15.0. The summed E-state index contributed by atoms with van der Waals surface area (Å²) in [5.74, 6) is -1.71. The van der Waals surface area contributed by atoms with Crippen LogP contribution in [0.2, 0.25) is 0 Å². The fraction of sp³-hybridized carbons (Fsp3) is 0.300. The number of hydrogen-bond donors (Lipinski definition) is 2. The molecule has 1 unspecified atom stereocenters. The lowest BCUT2D eigenvalue weighted by molar-refractivity contribution is -0.137. The fourth-order valence-electron chi connectivity index (χ4n) is 3.03. The zero-order valence-corrected chi connectivity index (χ0v) is 17.3. The number of aromatic carboxylic acids is 1. The SMILES string of the molecule is Cc1nn(COc2cccc(C(F)(F)F)c2)c(C)c1NC(=O)C(C)n1nccc1C(=O)O. The number of ether oxygens (including phenoxy) is 1. The summed E-state index contributed by atoms with van der Waals surface area (Å²) in [7, 11) is 0. The van der Waals surface area contributed by atoms with Gasteiger partial charge >= 0.3 is 12.1 Å². The van der Waals surface area contributed by atoms with Crippen LogP contribution in [0.3, 0.4) is 0 Å². The molecule has 0 aliphatic heterocycles. The van der Waals surface area contributed by atoms with Gasteiger partial charge in [0.25, 0.3) is 0 Å². The summed E-state index contributed by atoms with van der Waals surface area (Å²) < 4.78 is 46.5. The van der Waals surface area contributed by atoms with Gasteiger partial charge in [-0.25, -0.2) is 14.2 Å². The number of amides is 1. The van der Waals surface area contributed by atoms with Crippen molar-refractivity contribution in [1.82, 2.24) is 19.6 Å². The quantitative estimate of drug-likeness (QED) is 0.567. The van der Waals surface area contributed by atoms with E-state index < -0.39 is 29.7 Å². The number of carboxylic acids is 1. The van der Waals surface area contributed by atoms with Gasteiger partial charge in [0.05, 0.1) is 22.6 Å². The zero-order valence-electron chi connectivity index (χ0n) is 17.3. The second-order valence-electron chi connectivity index (χ2n) is 6.98. The molecule has 2 N–H and O–H groups in total. The van der Waals surface area contributed by atoms with Crippen LogP contribution in [0.25, 0.3) is 0 Å². The van der Waals surface area contributed by atoms with Crippen LogP contribution in [-0.4, -0.2) is 36.5 Å². The molecular formula is C20H20F3N5O4. The van der Waals surface area contributed by atoms with Crippen molar-refractivity contribution in [3.05, 3.63) is 59.2 Å². The molecule has 0 bridgehead atoms. The van der Waals surface area contributed by atoms with Gasteiger partial charge in [-0.1, -0.05) is 6.07 Å². The van der Waals surface area contributed by atoms with Crippen LogP contribution < -0.4 is 10.1 Å². The van der Waals surface area contributed by atoms with Crippen molar-refractivity contribution < 1.29 is 32.6 Å². The molecule has 1 aromatic carbocycles. The lowest BCUT2D eigenvalue weighted by atomic mass is 10.2. The molecule has 3 rings (SSSR count). The van der Waals surface area contributed by atoms with Crippen LogP contribution in [0.5, 0.6) is 5.75 Å². The molecule has 2 aromatic heterocycles. The summed E-state index contributed by atoms with van der Waals surface area (Å²) in [4.78, 5) is 23.9. The Morgan fingerprint density at radius 2 is 1.97 bits per heavy atom. The zero-order chi connectivity index (χ0) is 23.6. The number of nitrogens with zero attached hydrogens (tertiary/aromatic N) is 4. The van der Waals surface area contributed by atoms with E-state index in [0.717, 1.165) is 16.8 Å². The van der Waals surface area contributed by atoms with Crippen LogP contribution in [0.4, 0.5) is 18.9 Å². The van der Waals surface area contributed by atoms with Crippen molar-refractivity contribution in [2.75, 3.05) is 5.32 Å². The molecule has 0 aliphatic carbocycles. The van der Waals surface area contributed by atoms with Gasteiger partial charge in [0.1, 0.15) is 17.5 Å². The number of aromatic nitrogens is 4. The van der Waals surface area contributed by atoms with E-state index >= 15 is 0 Å². The second kappa shape index (κ2) is 8.73. The molecule has 0 fully saturated rings. The number of rotatable bonds is 7. The molecule has 0 saturated carbocycles. The minimum atomic E-state index is -4.49. The van der Waals surface area contributed by atoms with E-state index in [4.69, 9.17) is 4.74 Å². The van der Waals surface area contributed by atoms with Crippen molar-refractivity contribution in [3.63, 3.8) is 0 Å². The summed E-state index contributed by atoms with van der Waals surface area (Å²) in [5, 5.41) is 20.0. The van der Waals surface area contributed by atoms with E-state index in [1.807, 2.05) is 0 Å². The minimum Gasteiger partial charge on any atom is -0.477 e. The topological polar surface area (TPSA) is 111 Å². The molecule has 12 heteroatoms. The number of nitrogens with one attached hydrogen (secondary N) is 1. The Bertz CT molecular complexity index is 1150. The molecule has 170 valence electrons. The highest BCUT2D eigenvalue weighted by molar-refractivity contribution is 5.95. The van der Waals surface area contributed by atoms with Crippen molar-refractivity contribution in [1.29, 1.82) is 0 Å².